The number of hydrogen-bond acceptors (Lipinski definition) is 4. The van der Waals surface area contributed by atoms with Gasteiger partial charge in [0.15, 0.2) is 0 Å². The average molecular weight is 350 g/mol. The number of carbonyl (C=O) groups excluding carboxylic acids is 1. The minimum Gasteiger partial charge on any atom is -0.389 e. The number of nitrogens with zero attached hydrogens (tertiary/aromatic N) is 3. The van der Waals surface area contributed by atoms with Crippen molar-refractivity contribution < 1.29 is 9.90 Å². The van der Waals surface area contributed by atoms with E-state index in [1.807, 2.05) is 11.0 Å². The fraction of sp³-hybridized carbons (Fsp3) is 0.556. The van der Waals surface area contributed by atoms with Gasteiger partial charge in [-0.2, -0.15) is 5.26 Å². The zero-order valence-corrected chi connectivity index (χ0v) is 15.0. The van der Waals surface area contributed by atoms with Gasteiger partial charge in [-0.05, 0) is 51.4 Å². The topological polar surface area (TPSA) is 67.6 Å². The van der Waals surface area contributed by atoms with Gasteiger partial charge in [-0.1, -0.05) is 17.7 Å². The number of nitriles is 1. The number of hydrogen-bond donors (Lipinski definition) is 1. The summed E-state index contributed by atoms with van der Waals surface area (Å²) >= 11 is 6.03. The fourth-order valence-corrected chi connectivity index (χ4v) is 3.46. The SMILES string of the molecule is CC(C)(O)C1CCCN1CC(=O)N(CCC#N)c1cccc(Cl)c1. The Morgan fingerprint density at radius 3 is 2.92 bits per heavy atom. The smallest absolute Gasteiger partial charge is 0.241 e. The second kappa shape index (κ2) is 7.98. The summed E-state index contributed by atoms with van der Waals surface area (Å²) in [6.45, 7) is 4.92. The van der Waals surface area contributed by atoms with Crippen LogP contribution in [0.4, 0.5) is 5.69 Å². The molecule has 2 rings (SSSR count). The molecule has 0 aliphatic carbocycles. The molecule has 1 N–H and O–H groups in total. The number of carbonyl (C=O) groups is 1. The van der Waals surface area contributed by atoms with Crippen LogP contribution in [0.1, 0.15) is 33.1 Å². The van der Waals surface area contributed by atoms with E-state index in [0.29, 0.717) is 17.3 Å². The van der Waals surface area contributed by atoms with Crippen LogP contribution in [0.5, 0.6) is 0 Å². The van der Waals surface area contributed by atoms with E-state index in [2.05, 4.69) is 6.07 Å². The van der Waals surface area contributed by atoms with Gasteiger partial charge in [0.2, 0.25) is 5.91 Å². The van der Waals surface area contributed by atoms with Crippen molar-refractivity contribution in [2.45, 2.75) is 44.8 Å². The third kappa shape index (κ3) is 4.70. The first-order chi connectivity index (χ1) is 11.3. The maximum absolute atomic E-state index is 12.8. The van der Waals surface area contributed by atoms with Gasteiger partial charge in [0.25, 0.3) is 0 Å². The van der Waals surface area contributed by atoms with Crippen LogP contribution in [0, 0.1) is 11.3 Å². The molecular formula is C18H24ClN3O2. The van der Waals surface area contributed by atoms with Gasteiger partial charge >= 0.3 is 0 Å². The molecule has 0 bridgehead atoms. The monoisotopic (exact) mass is 349 g/mol. The van der Waals surface area contributed by atoms with E-state index >= 15 is 0 Å². The van der Waals surface area contributed by atoms with Crippen LogP contribution in [-0.2, 0) is 4.79 Å². The molecule has 1 aliphatic rings. The lowest BCUT2D eigenvalue weighted by Crippen LogP contribution is -2.50. The molecule has 0 spiro atoms. The number of benzene rings is 1. The summed E-state index contributed by atoms with van der Waals surface area (Å²) in [6.07, 6.45) is 2.11. The molecule has 1 aromatic carbocycles. The van der Waals surface area contributed by atoms with Crippen molar-refractivity contribution in [1.82, 2.24) is 4.90 Å². The molecule has 1 fully saturated rings. The molecule has 1 unspecified atom stereocenters. The van der Waals surface area contributed by atoms with E-state index in [1.54, 1.807) is 36.9 Å². The lowest BCUT2D eigenvalue weighted by Gasteiger charge is -2.34. The molecule has 5 nitrogen and oxygen atoms in total. The second-order valence-corrected chi connectivity index (χ2v) is 7.15. The van der Waals surface area contributed by atoms with Crippen LogP contribution in [0.25, 0.3) is 0 Å². The third-order valence-electron chi connectivity index (χ3n) is 4.39. The highest BCUT2D eigenvalue weighted by atomic mass is 35.5. The highest BCUT2D eigenvalue weighted by molar-refractivity contribution is 6.30. The number of likely N-dealkylation sites (tertiary alicyclic amines) is 1. The highest BCUT2D eigenvalue weighted by Gasteiger charge is 2.37. The number of amides is 1. The van der Waals surface area contributed by atoms with Crippen LogP contribution < -0.4 is 4.90 Å². The molecule has 0 radical (unpaired) electrons. The molecule has 0 saturated carbocycles. The lowest BCUT2D eigenvalue weighted by molar-refractivity contribution is -0.121. The van der Waals surface area contributed by atoms with Crippen LogP contribution in [-0.4, -0.2) is 47.2 Å². The fourth-order valence-electron chi connectivity index (χ4n) is 3.28. The van der Waals surface area contributed by atoms with E-state index in [1.165, 1.54) is 0 Å². The summed E-state index contributed by atoms with van der Waals surface area (Å²) in [5.74, 6) is -0.0799. The summed E-state index contributed by atoms with van der Waals surface area (Å²) in [4.78, 5) is 16.5. The first kappa shape index (κ1) is 18.7. The first-order valence-corrected chi connectivity index (χ1v) is 8.60. The third-order valence-corrected chi connectivity index (χ3v) is 4.62. The average Bonchev–Trinajstić information content (AvgIpc) is 2.96. The van der Waals surface area contributed by atoms with E-state index in [-0.39, 0.29) is 24.9 Å². The Kier molecular flexibility index (Phi) is 6.22. The van der Waals surface area contributed by atoms with Crippen molar-refractivity contribution in [3.8, 4) is 6.07 Å². The molecule has 1 amide bonds. The van der Waals surface area contributed by atoms with Gasteiger partial charge in [0, 0.05) is 23.3 Å². The van der Waals surface area contributed by atoms with Crippen LogP contribution >= 0.6 is 11.6 Å². The Balaban J connectivity index is 2.15. The minimum absolute atomic E-state index is 0.0290. The molecule has 1 aliphatic heterocycles. The summed E-state index contributed by atoms with van der Waals surface area (Å²) < 4.78 is 0. The van der Waals surface area contributed by atoms with Gasteiger partial charge in [-0.3, -0.25) is 9.69 Å². The number of halogens is 1. The van der Waals surface area contributed by atoms with Crippen LogP contribution in [0.3, 0.4) is 0 Å². The standard InChI is InChI=1S/C18H24ClN3O2/c1-18(2,24)16-8-4-10-21(16)13-17(23)22(11-5-9-20)15-7-3-6-14(19)12-15/h3,6-7,12,16,24H,4-5,8,10-11,13H2,1-2H3. The van der Waals surface area contributed by atoms with Crippen molar-refractivity contribution in [2.75, 3.05) is 24.5 Å². The summed E-state index contributed by atoms with van der Waals surface area (Å²) in [5, 5.41) is 19.7. The number of rotatable bonds is 6. The molecule has 6 heteroatoms. The molecular weight excluding hydrogens is 326 g/mol. The lowest BCUT2D eigenvalue weighted by atomic mass is 9.97. The van der Waals surface area contributed by atoms with Gasteiger partial charge in [-0.15, -0.1) is 0 Å². The van der Waals surface area contributed by atoms with Gasteiger partial charge in [0.1, 0.15) is 0 Å². The predicted molar refractivity (Wildman–Crippen MR) is 94.9 cm³/mol. The molecule has 1 atom stereocenters. The van der Waals surface area contributed by atoms with Gasteiger partial charge in [0.05, 0.1) is 24.6 Å². The Morgan fingerprint density at radius 2 is 2.29 bits per heavy atom. The quantitative estimate of drug-likeness (QED) is 0.857. The van der Waals surface area contributed by atoms with Gasteiger partial charge in [-0.25, -0.2) is 0 Å². The summed E-state index contributed by atoms with van der Waals surface area (Å²) in [6, 6.07) is 9.15. The maximum Gasteiger partial charge on any atom is 0.241 e. The van der Waals surface area contributed by atoms with Crippen molar-refractivity contribution >= 4 is 23.2 Å². The molecule has 1 aromatic rings. The van der Waals surface area contributed by atoms with E-state index < -0.39 is 5.60 Å². The van der Waals surface area contributed by atoms with Crippen LogP contribution in [0.2, 0.25) is 5.02 Å². The summed E-state index contributed by atoms with van der Waals surface area (Å²) in [7, 11) is 0. The number of aliphatic hydroxyl groups is 1. The van der Waals surface area contributed by atoms with E-state index in [4.69, 9.17) is 16.9 Å². The highest BCUT2D eigenvalue weighted by Crippen LogP contribution is 2.27. The van der Waals surface area contributed by atoms with E-state index in [0.717, 1.165) is 19.4 Å². The second-order valence-electron chi connectivity index (χ2n) is 6.72. The normalized spacial score (nSPS) is 18.4. The summed E-state index contributed by atoms with van der Waals surface area (Å²) in [5.41, 5.74) is -0.147. The molecule has 1 heterocycles. The Hall–Kier alpha value is -1.61. The van der Waals surface area contributed by atoms with Crippen molar-refractivity contribution in [3.05, 3.63) is 29.3 Å². The first-order valence-electron chi connectivity index (χ1n) is 8.22. The maximum atomic E-state index is 12.8. The molecule has 24 heavy (non-hydrogen) atoms. The zero-order valence-electron chi connectivity index (χ0n) is 14.2. The number of anilines is 1. The van der Waals surface area contributed by atoms with Crippen molar-refractivity contribution in [3.63, 3.8) is 0 Å². The molecule has 1 saturated heterocycles. The van der Waals surface area contributed by atoms with Crippen molar-refractivity contribution in [2.24, 2.45) is 0 Å². The van der Waals surface area contributed by atoms with Gasteiger partial charge < -0.3 is 10.0 Å². The largest absolute Gasteiger partial charge is 0.389 e. The Labute approximate surface area is 148 Å². The van der Waals surface area contributed by atoms with Crippen molar-refractivity contribution in [1.29, 1.82) is 5.26 Å². The Morgan fingerprint density at radius 1 is 1.54 bits per heavy atom. The predicted octanol–water partition coefficient (Wildman–Crippen LogP) is 2.82. The van der Waals surface area contributed by atoms with Crippen LogP contribution in [0.15, 0.2) is 24.3 Å². The van der Waals surface area contributed by atoms with E-state index in [9.17, 15) is 9.90 Å². The minimum atomic E-state index is -0.843. The molecule has 0 aromatic heterocycles. The molecule has 130 valence electrons. The zero-order chi connectivity index (χ0) is 17.7. The Bertz CT molecular complexity index is 621.